The molecule has 3 aliphatic heterocycles. The van der Waals surface area contributed by atoms with Gasteiger partial charge in [0.1, 0.15) is 5.75 Å². The monoisotopic (exact) mass is 472 g/mol. The Morgan fingerprint density at radius 1 is 1.17 bits per heavy atom. The Bertz CT molecular complexity index is 1180. The number of carbonyl (C=O) groups excluding carboxylic acids is 1. The van der Waals surface area contributed by atoms with E-state index in [0.717, 1.165) is 59.2 Å². The summed E-state index contributed by atoms with van der Waals surface area (Å²) in [4.78, 5) is 24.8. The molecule has 1 unspecified atom stereocenters. The highest BCUT2D eigenvalue weighted by Gasteiger charge is 2.45. The van der Waals surface area contributed by atoms with Gasteiger partial charge in [0.25, 0.3) is 0 Å². The number of hydrogen-bond acceptors (Lipinski definition) is 4. The van der Waals surface area contributed by atoms with Gasteiger partial charge in [-0.15, -0.1) is 0 Å². The fourth-order valence-electron chi connectivity index (χ4n) is 6.29. The minimum Gasteiger partial charge on any atom is -0.497 e. The Kier molecular flexibility index (Phi) is 6.65. The number of aromatic nitrogens is 1. The van der Waals surface area contributed by atoms with Gasteiger partial charge in [-0.2, -0.15) is 0 Å². The van der Waals surface area contributed by atoms with Crippen LogP contribution in [0.5, 0.6) is 5.75 Å². The number of carbonyl (C=O) groups is 1. The second-order valence-electron chi connectivity index (χ2n) is 10.0. The third-order valence-electron chi connectivity index (χ3n) is 8.28. The zero-order chi connectivity index (χ0) is 24.5. The lowest BCUT2D eigenvalue weighted by Crippen LogP contribution is -2.58. The van der Waals surface area contributed by atoms with Gasteiger partial charge in [0, 0.05) is 44.0 Å². The van der Waals surface area contributed by atoms with Crippen LogP contribution in [-0.2, 0) is 0 Å². The summed E-state index contributed by atoms with van der Waals surface area (Å²) in [6, 6.07) is 18.2. The number of piperidine rings is 3. The average Bonchev–Trinajstić information content (AvgIpc) is 2.92. The van der Waals surface area contributed by atoms with Crippen LogP contribution in [0.2, 0.25) is 0 Å². The number of urea groups is 1. The zero-order valence-corrected chi connectivity index (χ0v) is 21.2. The van der Waals surface area contributed by atoms with Crippen molar-refractivity contribution in [2.75, 3.05) is 39.2 Å². The fourth-order valence-corrected chi connectivity index (χ4v) is 6.29. The summed E-state index contributed by atoms with van der Waals surface area (Å²) < 4.78 is 5.56. The predicted molar refractivity (Wildman–Crippen MR) is 141 cm³/mol. The van der Waals surface area contributed by atoms with Crippen LogP contribution in [-0.4, -0.2) is 61.2 Å². The topological polar surface area (TPSA) is 48.9 Å². The van der Waals surface area contributed by atoms with Gasteiger partial charge in [0.15, 0.2) is 0 Å². The smallest absolute Gasteiger partial charge is 0.324 e. The van der Waals surface area contributed by atoms with Crippen LogP contribution in [0.15, 0.2) is 60.8 Å². The summed E-state index contributed by atoms with van der Waals surface area (Å²) in [5.74, 6) is 2.27. The summed E-state index contributed by atoms with van der Waals surface area (Å²) in [6.07, 6.45) is 5.47. The van der Waals surface area contributed by atoms with E-state index in [4.69, 9.17) is 4.74 Å². The molecular weight excluding hydrogens is 436 g/mol. The van der Waals surface area contributed by atoms with Gasteiger partial charge in [-0.25, -0.2) is 4.79 Å². The number of amides is 2. The maximum absolute atomic E-state index is 13.9. The Morgan fingerprint density at radius 2 is 1.97 bits per heavy atom. The molecule has 0 N–H and O–H groups in total. The molecule has 3 aliphatic rings. The van der Waals surface area contributed by atoms with Crippen molar-refractivity contribution in [2.45, 2.75) is 38.3 Å². The largest absolute Gasteiger partial charge is 0.497 e. The van der Waals surface area contributed by atoms with Crippen LogP contribution in [0.25, 0.3) is 10.9 Å². The minimum atomic E-state index is -0.0909. The van der Waals surface area contributed by atoms with E-state index in [1.54, 1.807) is 12.0 Å². The third kappa shape index (κ3) is 4.36. The molecule has 2 amide bonds. The van der Waals surface area contributed by atoms with Crippen molar-refractivity contribution < 1.29 is 9.53 Å². The molecule has 35 heavy (non-hydrogen) atoms. The van der Waals surface area contributed by atoms with Crippen LogP contribution in [0, 0.1) is 11.8 Å². The quantitative estimate of drug-likeness (QED) is 0.469. The van der Waals surface area contributed by atoms with E-state index < -0.39 is 0 Å². The summed E-state index contributed by atoms with van der Waals surface area (Å²) in [5, 5.41) is 1.05. The lowest BCUT2D eigenvalue weighted by Gasteiger charge is -2.53. The molecule has 0 saturated carbocycles. The molecule has 5 atom stereocenters. The average molecular weight is 473 g/mol. The van der Waals surface area contributed by atoms with E-state index in [9.17, 15) is 4.79 Å². The summed E-state index contributed by atoms with van der Waals surface area (Å²) in [5.41, 5.74) is 2.95. The number of likely N-dealkylation sites (N-methyl/N-ethyl adjacent to an activating group) is 1. The molecule has 0 aliphatic carbocycles. The number of fused-ring (bicyclic) bond motifs is 4. The van der Waals surface area contributed by atoms with E-state index in [1.807, 2.05) is 67.7 Å². The number of pyridine rings is 1. The molecule has 2 aromatic carbocycles. The molecule has 6 rings (SSSR count). The van der Waals surface area contributed by atoms with Crippen molar-refractivity contribution in [3.05, 3.63) is 66.4 Å². The molecule has 3 fully saturated rings. The summed E-state index contributed by atoms with van der Waals surface area (Å²) in [7, 11) is 5.51. The highest BCUT2D eigenvalue weighted by Crippen LogP contribution is 2.45. The van der Waals surface area contributed by atoms with Crippen molar-refractivity contribution in [2.24, 2.45) is 11.8 Å². The Balaban J connectivity index is 1.58. The number of benzene rings is 2. The van der Waals surface area contributed by atoms with Gasteiger partial charge in [-0.1, -0.05) is 31.5 Å². The highest BCUT2D eigenvalue weighted by molar-refractivity contribution is 5.92. The number of methoxy groups -OCH3 is 1. The van der Waals surface area contributed by atoms with E-state index >= 15 is 0 Å². The summed E-state index contributed by atoms with van der Waals surface area (Å²) >= 11 is 0. The van der Waals surface area contributed by atoms with Crippen LogP contribution < -0.4 is 9.64 Å². The molecule has 1 aromatic heterocycles. The first kappa shape index (κ1) is 23.6. The normalized spacial score (nSPS) is 24.2. The number of anilines is 1. The van der Waals surface area contributed by atoms with E-state index in [0.29, 0.717) is 0 Å². The van der Waals surface area contributed by atoms with Crippen molar-refractivity contribution in [1.29, 1.82) is 0 Å². The van der Waals surface area contributed by atoms with Crippen molar-refractivity contribution in [3.63, 3.8) is 0 Å². The standard InChI is InChI=1S/C29H36N4O2/c1-5-20-19-33-16-14-21(20)17-27(33)28(32(3)29(34)31(2)22-9-7-6-8-10-22)24-13-15-30-26-12-11-23(35-4)18-25(24)26/h6-13,15,18,20-21,27-28H,5,14,16-17,19H2,1-4H3/t20-,21-,27+,28-/m0/s1. The lowest BCUT2D eigenvalue weighted by atomic mass is 9.72. The van der Waals surface area contributed by atoms with E-state index in [2.05, 4.69) is 28.9 Å². The van der Waals surface area contributed by atoms with Gasteiger partial charge >= 0.3 is 6.03 Å². The molecule has 184 valence electrons. The Morgan fingerprint density at radius 3 is 2.66 bits per heavy atom. The van der Waals surface area contributed by atoms with Gasteiger partial charge < -0.3 is 9.64 Å². The molecule has 3 saturated heterocycles. The molecule has 0 spiro atoms. The molecule has 6 heteroatoms. The van der Waals surface area contributed by atoms with E-state index in [-0.39, 0.29) is 18.1 Å². The van der Waals surface area contributed by atoms with E-state index in [1.165, 1.54) is 12.8 Å². The number of para-hydroxylation sites is 1. The highest BCUT2D eigenvalue weighted by atomic mass is 16.5. The van der Waals surface area contributed by atoms with Crippen LogP contribution >= 0.6 is 0 Å². The first-order valence-electron chi connectivity index (χ1n) is 12.7. The second kappa shape index (κ2) is 9.86. The zero-order valence-electron chi connectivity index (χ0n) is 21.2. The number of ether oxygens (including phenoxy) is 1. The maximum Gasteiger partial charge on any atom is 0.324 e. The molecule has 3 aromatic rings. The first-order chi connectivity index (χ1) is 17.0. The number of hydrogen-bond donors (Lipinski definition) is 0. The van der Waals surface area contributed by atoms with Crippen LogP contribution in [0.1, 0.15) is 37.8 Å². The molecule has 0 radical (unpaired) electrons. The molecular formula is C29H36N4O2. The van der Waals surface area contributed by atoms with Crippen LogP contribution in [0.4, 0.5) is 10.5 Å². The fraction of sp³-hybridized carbons (Fsp3) is 0.448. The van der Waals surface area contributed by atoms with Crippen molar-refractivity contribution in [1.82, 2.24) is 14.8 Å². The minimum absolute atomic E-state index is 0.0104. The van der Waals surface area contributed by atoms with Gasteiger partial charge in [0.05, 0.1) is 18.7 Å². The number of rotatable bonds is 6. The second-order valence-corrected chi connectivity index (χ2v) is 10.0. The van der Waals surface area contributed by atoms with Gasteiger partial charge in [0.2, 0.25) is 0 Å². The Labute approximate surface area is 208 Å². The lowest BCUT2D eigenvalue weighted by molar-refractivity contribution is -0.0296. The molecule has 4 heterocycles. The Hall–Kier alpha value is -3.12. The maximum atomic E-state index is 13.9. The predicted octanol–water partition coefficient (Wildman–Crippen LogP) is 5.59. The first-order valence-corrected chi connectivity index (χ1v) is 12.7. The van der Waals surface area contributed by atoms with Crippen molar-refractivity contribution in [3.8, 4) is 5.75 Å². The van der Waals surface area contributed by atoms with Crippen LogP contribution in [0.3, 0.4) is 0 Å². The summed E-state index contributed by atoms with van der Waals surface area (Å²) in [6.45, 7) is 4.53. The SMILES string of the molecule is CC[C@H]1CN2CC[C@H]1C[C@@H]2[C@H](c1ccnc2ccc(OC)cc12)N(C)C(=O)N(C)c1ccccc1. The molecule has 2 bridgehead atoms. The third-order valence-corrected chi connectivity index (χ3v) is 8.28. The molecule has 6 nitrogen and oxygen atoms in total. The van der Waals surface area contributed by atoms with Gasteiger partial charge in [-0.05, 0) is 73.2 Å². The van der Waals surface area contributed by atoms with Crippen molar-refractivity contribution >= 4 is 22.6 Å². The van der Waals surface area contributed by atoms with Gasteiger partial charge in [-0.3, -0.25) is 14.8 Å². The number of nitrogens with zero attached hydrogens (tertiary/aromatic N) is 4.